The molecule has 4 heteroatoms. The summed E-state index contributed by atoms with van der Waals surface area (Å²) in [7, 11) is 0. The highest BCUT2D eigenvalue weighted by Gasteiger charge is 2.33. The number of para-hydroxylation sites is 1. The molecule has 4 rings (SSSR count). The molecule has 2 aliphatic rings. The van der Waals surface area contributed by atoms with Crippen LogP contribution in [0, 0.1) is 5.92 Å². The molecule has 0 radical (unpaired) electrons. The number of nitrogens with zero attached hydrogens (tertiary/aromatic N) is 2. The number of benzene rings is 1. The zero-order valence-corrected chi connectivity index (χ0v) is 12.3. The summed E-state index contributed by atoms with van der Waals surface area (Å²) in [5, 5.41) is 1.19. The minimum absolute atomic E-state index is 0.780. The summed E-state index contributed by atoms with van der Waals surface area (Å²) in [5.74, 6) is 7.43. The SMILES string of the molecule is NNc1nc2ccccc2cc1CN(CC1CC1)C1CC1. The van der Waals surface area contributed by atoms with E-state index in [-0.39, 0.29) is 0 Å². The molecule has 0 saturated heterocycles. The van der Waals surface area contributed by atoms with E-state index in [0.29, 0.717) is 0 Å². The second-order valence-corrected chi connectivity index (χ2v) is 6.44. The van der Waals surface area contributed by atoms with Crippen LogP contribution in [-0.2, 0) is 6.54 Å². The Morgan fingerprint density at radius 3 is 2.71 bits per heavy atom. The molecule has 0 unspecified atom stereocenters. The summed E-state index contributed by atoms with van der Waals surface area (Å²) in [6, 6.07) is 11.2. The maximum atomic E-state index is 5.69. The zero-order valence-electron chi connectivity index (χ0n) is 12.3. The molecule has 110 valence electrons. The van der Waals surface area contributed by atoms with Gasteiger partial charge >= 0.3 is 0 Å². The number of nitrogens with two attached hydrogens (primary N) is 1. The van der Waals surface area contributed by atoms with Crippen molar-refractivity contribution in [3.05, 3.63) is 35.9 Å². The van der Waals surface area contributed by atoms with Crippen molar-refractivity contribution in [2.45, 2.75) is 38.3 Å². The van der Waals surface area contributed by atoms with Crippen LogP contribution in [-0.4, -0.2) is 22.5 Å². The number of pyridine rings is 1. The molecule has 2 aromatic rings. The lowest BCUT2D eigenvalue weighted by Crippen LogP contribution is -2.28. The van der Waals surface area contributed by atoms with Crippen LogP contribution in [0.4, 0.5) is 5.82 Å². The number of hydrazine groups is 1. The molecule has 2 aliphatic carbocycles. The van der Waals surface area contributed by atoms with Gasteiger partial charge in [-0.3, -0.25) is 4.90 Å². The lowest BCUT2D eigenvalue weighted by Gasteiger charge is -2.23. The largest absolute Gasteiger partial charge is 0.308 e. The zero-order chi connectivity index (χ0) is 14.2. The second kappa shape index (κ2) is 5.28. The first kappa shape index (κ1) is 13.0. The van der Waals surface area contributed by atoms with E-state index >= 15 is 0 Å². The number of nitrogen functional groups attached to an aromatic ring is 1. The Hall–Kier alpha value is -1.65. The van der Waals surface area contributed by atoms with E-state index < -0.39 is 0 Å². The molecule has 0 amide bonds. The van der Waals surface area contributed by atoms with Crippen LogP contribution in [0.15, 0.2) is 30.3 Å². The van der Waals surface area contributed by atoms with Crippen LogP contribution >= 0.6 is 0 Å². The molecule has 4 nitrogen and oxygen atoms in total. The quantitative estimate of drug-likeness (QED) is 0.632. The van der Waals surface area contributed by atoms with Crippen LogP contribution in [0.2, 0.25) is 0 Å². The van der Waals surface area contributed by atoms with Crippen molar-refractivity contribution >= 4 is 16.7 Å². The normalized spacial score (nSPS) is 18.4. The summed E-state index contributed by atoms with van der Waals surface area (Å²) in [6.07, 6.45) is 5.50. The first-order valence-electron chi connectivity index (χ1n) is 7.93. The molecule has 0 spiro atoms. The molecule has 2 fully saturated rings. The average Bonchev–Trinajstić information content (AvgIpc) is 3.38. The maximum absolute atomic E-state index is 5.69. The van der Waals surface area contributed by atoms with E-state index in [4.69, 9.17) is 5.84 Å². The first-order valence-corrected chi connectivity index (χ1v) is 7.93. The van der Waals surface area contributed by atoms with Crippen LogP contribution in [0.3, 0.4) is 0 Å². The van der Waals surface area contributed by atoms with Gasteiger partial charge in [-0.1, -0.05) is 18.2 Å². The fourth-order valence-electron chi connectivity index (χ4n) is 3.04. The molecule has 0 aliphatic heterocycles. The number of hydrogen-bond acceptors (Lipinski definition) is 4. The molecular formula is C17H22N4. The number of nitrogens with one attached hydrogen (secondary N) is 1. The van der Waals surface area contributed by atoms with Crippen LogP contribution in [0.1, 0.15) is 31.2 Å². The summed E-state index contributed by atoms with van der Waals surface area (Å²) in [6.45, 7) is 2.19. The molecule has 1 aromatic heterocycles. The minimum atomic E-state index is 0.780. The van der Waals surface area contributed by atoms with Gasteiger partial charge in [0.2, 0.25) is 0 Å². The van der Waals surface area contributed by atoms with Gasteiger partial charge in [-0.2, -0.15) is 0 Å². The van der Waals surface area contributed by atoms with Crippen molar-refractivity contribution < 1.29 is 0 Å². The van der Waals surface area contributed by atoms with Crippen molar-refractivity contribution in [3.8, 4) is 0 Å². The highest BCUT2D eigenvalue weighted by Crippen LogP contribution is 2.36. The standard InChI is InChI=1S/C17H22N4/c18-20-17-14(9-13-3-1-2-4-16(13)19-17)11-21(15-7-8-15)10-12-5-6-12/h1-4,9,12,15H,5-8,10-11,18H2,(H,19,20). The van der Waals surface area contributed by atoms with Crippen molar-refractivity contribution in [2.24, 2.45) is 11.8 Å². The average molecular weight is 282 g/mol. The first-order chi connectivity index (χ1) is 10.3. The van der Waals surface area contributed by atoms with E-state index in [2.05, 4.69) is 33.5 Å². The number of hydrogen-bond donors (Lipinski definition) is 2. The summed E-state index contributed by atoms with van der Waals surface area (Å²) < 4.78 is 0. The topological polar surface area (TPSA) is 54.2 Å². The summed E-state index contributed by atoms with van der Waals surface area (Å²) in [4.78, 5) is 7.29. The lowest BCUT2D eigenvalue weighted by molar-refractivity contribution is 0.244. The molecule has 1 heterocycles. The van der Waals surface area contributed by atoms with Crippen molar-refractivity contribution in [1.29, 1.82) is 0 Å². The third-order valence-corrected chi connectivity index (χ3v) is 4.57. The second-order valence-electron chi connectivity index (χ2n) is 6.44. The van der Waals surface area contributed by atoms with E-state index in [9.17, 15) is 0 Å². The van der Waals surface area contributed by atoms with Gasteiger partial charge in [0.25, 0.3) is 0 Å². The molecule has 21 heavy (non-hydrogen) atoms. The Balaban J connectivity index is 1.63. The smallest absolute Gasteiger partial charge is 0.145 e. The summed E-state index contributed by atoms with van der Waals surface area (Å²) >= 11 is 0. The Labute approximate surface area is 125 Å². The third-order valence-electron chi connectivity index (χ3n) is 4.57. The number of aromatic nitrogens is 1. The van der Waals surface area contributed by atoms with Crippen LogP contribution < -0.4 is 11.3 Å². The number of rotatable bonds is 6. The van der Waals surface area contributed by atoms with E-state index in [1.54, 1.807) is 0 Å². The van der Waals surface area contributed by atoms with Crippen molar-refractivity contribution in [2.75, 3.05) is 12.0 Å². The molecule has 0 bridgehead atoms. The van der Waals surface area contributed by atoms with Crippen LogP contribution in [0.5, 0.6) is 0 Å². The Morgan fingerprint density at radius 2 is 2.00 bits per heavy atom. The Morgan fingerprint density at radius 1 is 1.19 bits per heavy atom. The molecule has 3 N–H and O–H groups in total. The highest BCUT2D eigenvalue weighted by molar-refractivity contribution is 5.81. The van der Waals surface area contributed by atoms with Gasteiger partial charge in [0.15, 0.2) is 0 Å². The predicted octanol–water partition coefficient (Wildman–Crippen LogP) is 2.89. The highest BCUT2D eigenvalue weighted by atomic mass is 15.3. The minimum Gasteiger partial charge on any atom is -0.308 e. The van der Waals surface area contributed by atoms with Gasteiger partial charge in [0, 0.05) is 30.1 Å². The molecule has 1 aromatic carbocycles. The van der Waals surface area contributed by atoms with Gasteiger partial charge in [0.1, 0.15) is 5.82 Å². The maximum Gasteiger partial charge on any atom is 0.145 e. The van der Waals surface area contributed by atoms with Gasteiger partial charge in [0.05, 0.1) is 5.52 Å². The van der Waals surface area contributed by atoms with E-state index in [0.717, 1.165) is 29.8 Å². The molecule has 2 saturated carbocycles. The lowest BCUT2D eigenvalue weighted by atomic mass is 10.1. The van der Waals surface area contributed by atoms with Gasteiger partial charge < -0.3 is 5.43 Å². The fraction of sp³-hybridized carbons (Fsp3) is 0.471. The predicted molar refractivity (Wildman–Crippen MR) is 85.7 cm³/mol. The van der Waals surface area contributed by atoms with Crippen molar-refractivity contribution in [3.63, 3.8) is 0 Å². The number of fused-ring (bicyclic) bond motifs is 1. The molecule has 0 atom stereocenters. The van der Waals surface area contributed by atoms with Crippen LogP contribution in [0.25, 0.3) is 10.9 Å². The monoisotopic (exact) mass is 282 g/mol. The fourth-order valence-corrected chi connectivity index (χ4v) is 3.04. The Bertz CT molecular complexity index is 646. The van der Waals surface area contributed by atoms with Crippen molar-refractivity contribution in [1.82, 2.24) is 9.88 Å². The third kappa shape index (κ3) is 2.87. The van der Waals surface area contributed by atoms with E-state index in [1.165, 1.54) is 43.2 Å². The number of anilines is 1. The van der Waals surface area contributed by atoms with Gasteiger partial charge in [-0.25, -0.2) is 10.8 Å². The van der Waals surface area contributed by atoms with Gasteiger partial charge in [-0.05, 0) is 43.7 Å². The molecular weight excluding hydrogens is 260 g/mol. The summed E-state index contributed by atoms with van der Waals surface area (Å²) in [5.41, 5.74) is 4.99. The van der Waals surface area contributed by atoms with Gasteiger partial charge in [-0.15, -0.1) is 0 Å². The Kier molecular flexibility index (Phi) is 3.28. The van der Waals surface area contributed by atoms with E-state index in [1.807, 2.05) is 12.1 Å².